The van der Waals surface area contributed by atoms with Crippen molar-refractivity contribution in [3.63, 3.8) is 0 Å². The minimum absolute atomic E-state index is 0.589. The number of anilines is 1. The van der Waals surface area contributed by atoms with E-state index in [0.29, 0.717) is 12.5 Å². The summed E-state index contributed by atoms with van der Waals surface area (Å²) < 4.78 is 0. The van der Waals surface area contributed by atoms with Gasteiger partial charge in [0, 0.05) is 25.5 Å². The lowest BCUT2D eigenvalue weighted by Gasteiger charge is -2.18. The van der Waals surface area contributed by atoms with Crippen molar-refractivity contribution >= 4 is 5.95 Å². The van der Waals surface area contributed by atoms with Crippen molar-refractivity contribution in [2.75, 3.05) is 18.0 Å². The van der Waals surface area contributed by atoms with E-state index in [-0.39, 0.29) is 0 Å². The molecule has 1 unspecified atom stereocenters. The van der Waals surface area contributed by atoms with Crippen LogP contribution in [0.2, 0.25) is 0 Å². The van der Waals surface area contributed by atoms with Gasteiger partial charge in [-0.25, -0.2) is 9.97 Å². The van der Waals surface area contributed by atoms with Crippen LogP contribution in [0.25, 0.3) is 0 Å². The van der Waals surface area contributed by atoms with E-state index in [2.05, 4.69) is 9.97 Å². The molecule has 1 N–H and O–H groups in total. The molecule has 4 nitrogen and oxygen atoms in total. The highest BCUT2D eigenvalue weighted by Crippen LogP contribution is 2.23. The van der Waals surface area contributed by atoms with Gasteiger partial charge in [-0.05, 0) is 25.8 Å². The third kappa shape index (κ3) is 1.85. The van der Waals surface area contributed by atoms with Crippen LogP contribution in [0.3, 0.4) is 0 Å². The van der Waals surface area contributed by atoms with E-state index in [1.165, 1.54) is 0 Å². The average molecular weight is 193 g/mol. The van der Waals surface area contributed by atoms with Gasteiger partial charge in [-0.3, -0.25) is 0 Å². The van der Waals surface area contributed by atoms with Gasteiger partial charge in [0.2, 0.25) is 5.95 Å². The fraction of sp³-hybridized carbons (Fsp3) is 0.600. The number of hydrogen-bond donors (Lipinski definition) is 1. The molecular weight excluding hydrogens is 178 g/mol. The Balaban J connectivity index is 2.14. The molecule has 4 heteroatoms. The summed E-state index contributed by atoms with van der Waals surface area (Å²) in [7, 11) is 0. The molecule has 0 saturated carbocycles. The molecule has 1 saturated heterocycles. The Bertz CT molecular complexity index is 321. The van der Waals surface area contributed by atoms with Crippen molar-refractivity contribution in [3.05, 3.63) is 18.0 Å². The van der Waals surface area contributed by atoms with E-state index < -0.39 is 5.60 Å². The first-order valence-electron chi connectivity index (χ1n) is 4.83. The lowest BCUT2D eigenvalue weighted by molar-refractivity contribution is 0.0838. The number of β-amino-alcohol motifs (C(OH)–C–C–N with tert-alkyl or cyclic N) is 1. The second-order valence-electron chi connectivity index (χ2n) is 4.23. The monoisotopic (exact) mass is 193 g/mol. The SMILES string of the molecule is Cc1cnc(N2CCC(C)(O)C2)nc1. The predicted octanol–water partition coefficient (Wildman–Crippen LogP) is 0.746. The first kappa shape index (κ1) is 9.40. The molecule has 76 valence electrons. The van der Waals surface area contributed by atoms with Crippen molar-refractivity contribution in [1.29, 1.82) is 0 Å². The molecular formula is C10H15N3O. The summed E-state index contributed by atoms with van der Waals surface area (Å²) >= 11 is 0. The molecule has 1 aliphatic heterocycles. The fourth-order valence-electron chi connectivity index (χ4n) is 1.66. The topological polar surface area (TPSA) is 49.2 Å². The number of hydrogen-bond acceptors (Lipinski definition) is 4. The molecule has 0 radical (unpaired) electrons. The second-order valence-corrected chi connectivity index (χ2v) is 4.23. The van der Waals surface area contributed by atoms with Crippen LogP contribution in [0, 0.1) is 6.92 Å². The maximum atomic E-state index is 9.78. The van der Waals surface area contributed by atoms with E-state index >= 15 is 0 Å². The van der Waals surface area contributed by atoms with Gasteiger partial charge in [0.25, 0.3) is 0 Å². The molecule has 1 aromatic heterocycles. The molecule has 2 heterocycles. The van der Waals surface area contributed by atoms with Gasteiger partial charge >= 0.3 is 0 Å². The van der Waals surface area contributed by atoms with Crippen LogP contribution >= 0.6 is 0 Å². The number of rotatable bonds is 1. The number of aryl methyl sites for hydroxylation is 1. The van der Waals surface area contributed by atoms with Crippen LogP contribution < -0.4 is 4.90 Å². The zero-order chi connectivity index (χ0) is 10.2. The maximum Gasteiger partial charge on any atom is 0.225 e. The fourth-order valence-corrected chi connectivity index (χ4v) is 1.66. The Morgan fingerprint density at radius 1 is 1.43 bits per heavy atom. The maximum absolute atomic E-state index is 9.78. The Labute approximate surface area is 83.6 Å². The molecule has 14 heavy (non-hydrogen) atoms. The van der Waals surface area contributed by atoms with E-state index in [9.17, 15) is 5.11 Å². The minimum atomic E-state index is -0.589. The zero-order valence-electron chi connectivity index (χ0n) is 8.56. The zero-order valence-corrected chi connectivity index (χ0v) is 8.56. The predicted molar refractivity (Wildman–Crippen MR) is 54.2 cm³/mol. The van der Waals surface area contributed by atoms with Gasteiger partial charge < -0.3 is 10.0 Å². The molecule has 0 spiro atoms. The van der Waals surface area contributed by atoms with Crippen LogP contribution in [0.1, 0.15) is 18.9 Å². The van der Waals surface area contributed by atoms with E-state index in [1.807, 2.05) is 18.7 Å². The summed E-state index contributed by atoms with van der Waals surface area (Å²) in [5, 5.41) is 9.78. The Hall–Kier alpha value is -1.16. The summed E-state index contributed by atoms with van der Waals surface area (Å²) in [4.78, 5) is 10.5. The summed E-state index contributed by atoms with van der Waals surface area (Å²) in [6.45, 7) is 5.26. The normalized spacial score (nSPS) is 26.9. The molecule has 1 aromatic rings. The van der Waals surface area contributed by atoms with Crippen LogP contribution in [0.5, 0.6) is 0 Å². The molecule has 1 atom stereocenters. The van der Waals surface area contributed by atoms with Crippen LogP contribution in [0.15, 0.2) is 12.4 Å². The quantitative estimate of drug-likeness (QED) is 0.715. The summed E-state index contributed by atoms with van der Waals surface area (Å²) in [5.74, 6) is 0.716. The third-order valence-electron chi connectivity index (χ3n) is 2.50. The third-order valence-corrected chi connectivity index (χ3v) is 2.50. The molecule has 0 bridgehead atoms. The van der Waals surface area contributed by atoms with E-state index in [0.717, 1.165) is 18.5 Å². The molecule has 1 fully saturated rings. The summed E-state index contributed by atoms with van der Waals surface area (Å²) in [6.07, 6.45) is 4.38. The molecule has 0 aliphatic carbocycles. The van der Waals surface area contributed by atoms with Gasteiger partial charge in [0.1, 0.15) is 0 Å². The van der Waals surface area contributed by atoms with Gasteiger partial charge in [0.05, 0.1) is 5.60 Å². The first-order chi connectivity index (χ1) is 6.57. The summed E-state index contributed by atoms with van der Waals surface area (Å²) in [5.41, 5.74) is 0.466. The molecule has 1 aliphatic rings. The van der Waals surface area contributed by atoms with Crippen LogP contribution in [0.4, 0.5) is 5.95 Å². The van der Waals surface area contributed by atoms with Gasteiger partial charge in [0.15, 0.2) is 0 Å². The summed E-state index contributed by atoms with van der Waals surface area (Å²) in [6, 6.07) is 0. The average Bonchev–Trinajstić information content (AvgIpc) is 2.47. The highest BCUT2D eigenvalue weighted by Gasteiger charge is 2.32. The Morgan fingerprint density at radius 2 is 2.07 bits per heavy atom. The van der Waals surface area contributed by atoms with Gasteiger partial charge in [-0.15, -0.1) is 0 Å². The molecule has 0 aromatic carbocycles. The first-order valence-corrected chi connectivity index (χ1v) is 4.83. The highest BCUT2D eigenvalue weighted by molar-refractivity contribution is 5.32. The number of aliphatic hydroxyl groups is 1. The van der Waals surface area contributed by atoms with Gasteiger partial charge in [-0.1, -0.05) is 0 Å². The minimum Gasteiger partial charge on any atom is -0.388 e. The van der Waals surface area contributed by atoms with Gasteiger partial charge in [-0.2, -0.15) is 0 Å². The van der Waals surface area contributed by atoms with E-state index in [1.54, 1.807) is 12.4 Å². The molecule has 2 rings (SSSR count). The highest BCUT2D eigenvalue weighted by atomic mass is 16.3. The van der Waals surface area contributed by atoms with Crippen molar-refractivity contribution in [2.24, 2.45) is 0 Å². The largest absolute Gasteiger partial charge is 0.388 e. The Morgan fingerprint density at radius 3 is 2.57 bits per heavy atom. The molecule has 0 amide bonds. The van der Waals surface area contributed by atoms with Crippen LogP contribution in [-0.2, 0) is 0 Å². The van der Waals surface area contributed by atoms with Crippen molar-refractivity contribution in [3.8, 4) is 0 Å². The van der Waals surface area contributed by atoms with Crippen molar-refractivity contribution in [1.82, 2.24) is 9.97 Å². The van der Waals surface area contributed by atoms with Crippen molar-refractivity contribution < 1.29 is 5.11 Å². The second kappa shape index (κ2) is 3.20. The Kier molecular flexibility index (Phi) is 2.15. The number of aromatic nitrogens is 2. The van der Waals surface area contributed by atoms with E-state index in [4.69, 9.17) is 0 Å². The lowest BCUT2D eigenvalue weighted by atomic mass is 10.1. The van der Waals surface area contributed by atoms with Crippen molar-refractivity contribution in [2.45, 2.75) is 25.9 Å². The lowest BCUT2D eigenvalue weighted by Crippen LogP contribution is -2.30. The smallest absolute Gasteiger partial charge is 0.225 e. The van der Waals surface area contributed by atoms with Crippen LogP contribution in [-0.4, -0.2) is 33.8 Å². The number of nitrogens with zero attached hydrogens (tertiary/aromatic N) is 3. The standard InChI is InChI=1S/C10H15N3O/c1-8-5-11-9(12-6-8)13-4-3-10(2,14)7-13/h5-6,14H,3-4,7H2,1-2H3.